The number of likely N-dealkylation sites (tertiary alicyclic amines) is 1. The maximum absolute atomic E-state index is 14.7. The average Bonchev–Trinajstić information content (AvgIpc) is 3.54. The molecule has 2 saturated heterocycles. The van der Waals surface area contributed by atoms with E-state index in [0.717, 1.165) is 12.1 Å². The molecule has 44 heavy (non-hydrogen) atoms. The number of aliphatic hydroxyl groups excluding tert-OH is 2. The molecule has 6 atom stereocenters. The van der Waals surface area contributed by atoms with Gasteiger partial charge in [-0.2, -0.15) is 0 Å². The molecule has 3 aliphatic rings. The van der Waals surface area contributed by atoms with Crippen molar-refractivity contribution < 1.29 is 42.8 Å². The summed E-state index contributed by atoms with van der Waals surface area (Å²) in [4.78, 5) is 20.3. The Labute approximate surface area is 254 Å². The van der Waals surface area contributed by atoms with Crippen molar-refractivity contribution in [2.75, 3.05) is 26.8 Å². The van der Waals surface area contributed by atoms with Gasteiger partial charge in [-0.1, -0.05) is 16.4 Å². The molecular weight excluding hydrogens is 580 g/mol. The van der Waals surface area contributed by atoms with Crippen molar-refractivity contribution in [3.8, 4) is 11.3 Å². The molecule has 14 heteroatoms. The van der Waals surface area contributed by atoms with E-state index in [9.17, 15) is 23.8 Å². The zero-order valence-corrected chi connectivity index (χ0v) is 25.7. The molecule has 2 fully saturated rings. The van der Waals surface area contributed by atoms with Crippen LogP contribution in [0.4, 0.5) is 13.6 Å². The number of benzene rings is 1. The van der Waals surface area contributed by atoms with Gasteiger partial charge in [0.2, 0.25) is 0 Å². The highest BCUT2D eigenvalue weighted by molar-refractivity contribution is 5.86. The van der Waals surface area contributed by atoms with Crippen LogP contribution < -0.4 is 0 Å². The minimum absolute atomic E-state index is 0.0680. The lowest BCUT2D eigenvalue weighted by Crippen LogP contribution is -2.57. The molecular formula is C30H41F2N5O7. The van der Waals surface area contributed by atoms with Gasteiger partial charge < -0.3 is 34.2 Å². The van der Waals surface area contributed by atoms with Crippen LogP contribution in [0, 0.1) is 18.6 Å². The summed E-state index contributed by atoms with van der Waals surface area (Å²) in [5.74, 6) is -2.01. The molecule has 0 bridgehead atoms. The number of aromatic nitrogens is 3. The second-order valence-electron chi connectivity index (χ2n) is 12.9. The molecule has 2 aromatic rings. The third-order valence-electron chi connectivity index (χ3n) is 8.48. The van der Waals surface area contributed by atoms with E-state index in [1.165, 1.54) is 37.0 Å². The Hall–Kier alpha value is -3.20. The van der Waals surface area contributed by atoms with Crippen LogP contribution in [0.15, 0.2) is 23.5 Å². The van der Waals surface area contributed by atoms with Crippen molar-refractivity contribution >= 4 is 11.8 Å². The van der Waals surface area contributed by atoms with Crippen molar-refractivity contribution in [3.05, 3.63) is 35.5 Å². The fourth-order valence-electron chi connectivity index (χ4n) is 6.20. The standard InChI is InChI=1S/C30H41F2N5O7/c1-17-7-8-19(24(32)23(17)31)20-15-37(35-33-20)25-26(39)22(16-38)42-21(27(25)41-5)13-18-14-30(44-34-18)9-6-11-36(12-10-30)28(40)43-29(2,3)4/h7-8,15,21-22,25-27,38-39H,6,9-14,16H2,1-5H3/t21-,22-,25+,26+,27+,30?/m1/s1. The van der Waals surface area contributed by atoms with E-state index < -0.39 is 59.9 Å². The number of methoxy groups -OCH3 is 1. The van der Waals surface area contributed by atoms with E-state index in [4.69, 9.17) is 19.0 Å². The van der Waals surface area contributed by atoms with Gasteiger partial charge in [0.05, 0.1) is 24.6 Å². The maximum atomic E-state index is 14.7. The number of halogens is 2. The highest BCUT2D eigenvalue weighted by atomic mass is 19.2. The van der Waals surface area contributed by atoms with E-state index in [1.807, 2.05) is 20.8 Å². The van der Waals surface area contributed by atoms with E-state index in [1.54, 1.807) is 4.90 Å². The molecule has 0 saturated carbocycles. The summed E-state index contributed by atoms with van der Waals surface area (Å²) in [5, 5.41) is 33.8. The third-order valence-corrected chi connectivity index (χ3v) is 8.48. The largest absolute Gasteiger partial charge is 0.444 e. The Morgan fingerprint density at radius 3 is 2.66 bits per heavy atom. The lowest BCUT2D eigenvalue weighted by molar-refractivity contribution is -0.210. The van der Waals surface area contributed by atoms with Gasteiger partial charge >= 0.3 is 6.09 Å². The molecule has 3 aliphatic heterocycles. The fraction of sp³-hybridized carbons (Fsp3) is 0.667. The summed E-state index contributed by atoms with van der Waals surface area (Å²) in [6.07, 6.45) is 0.237. The number of hydrogen-bond acceptors (Lipinski definition) is 10. The first-order chi connectivity index (χ1) is 20.8. The van der Waals surface area contributed by atoms with Crippen molar-refractivity contribution in [1.82, 2.24) is 19.9 Å². The molecule has 4 heterocycles. The van der Waals surface area contributed by atoms with Gasteiger partial charge in [0.25, 0.3) is 0 Å². The summed E-state index contributed by atoms with van der Waals surface area (Å²) in [6, 6.07) is 2.00. The number of aryl methyl sites for hydroxylation is 1. The second kappa shape index (κ2) is 12.7. The molecule has 1 unspecified atom stereocenters. The monoisotopic (exact) mass is 621 g/mol. The topological polar surface area (TPSA) is 141 Å². The Kier molecular flexibility index (Phi) is 9.26. The molecule has 0 radical (unpaired) electrons. The van der Waals surface area contributed by atoms with Gasteiger partial charge in [0, 0.05) is 45.0 Å². The van der Waals surface area contributed by atoms with Gasteiger partial charge in [0.1, 0.15) is 41.2 Å². The van der Waals surface area contributed by atoms with E-state index in [0.29, 0.717) is 32.4 Å². The van der Waals surface area contributed by atoms with Crippen LogP contribution in [0.1, 0.15) is 64.5 Å². The van der Waals surface area contributed by atoms with Crippen LogP contribution in [0.2, 0.25) is 0 Å². The zero-order valence-electron chi connectivity index (χ0n) is 25.7. The van der Waals surface area contributed by atoms with Crippen molar-refractivity contribution in [1.29, 1.82) is 0 Å². The van der Waals surface area contributed by atoms with Crippen molar-refractivity contribution in [2.45, 2.75) is 101 Å². The van der Waals surface area contributed by atoms with Crippen LogP contribution in [0.3, 0.4) is 0 Å². The van der Waals surface area contributed by atoms with Crippen LogP contribution >= 0.6 is 0 Å². The lowest BCUT2D eigenvalue weighted by atomic mass is 9.85. The molecule has 5 rings (SSSR count). The first-order valence-electron chi connectivity index (χ1n) is 14.9. The van der Waals surface area contributed by atoms with Gasteiger partial charge in [-0.15, -0.1) is 5.10 Å². The number of hydrogen-bond donors (Lipinski definition) is 2. The number of carbonyl (C=O) groups is 1. The lowest BCUT2D eigenvalue weighted by Gasteiger charge is -2.43. The Morgan fingerprint density at radius 2 is 1.95 bits per heavy atom. The molecule has 1 spiro atoms. The second-order valence-corrected chi connectivity index (χ2v) is 12.9. The Morgan fingerprint density at radius 1 is 1.18 bits per heavy atom. The van der Waals surface area contributed by atoms with E-state index >= 15 is 0 Å². The number of carbonyl (C=O) groups excluding carboxylic acids is 1. The maximum Gasteiger partial charge on any atom is 0.410 e. The van der Waals surface area contributed by atoms with Crippen LogP contribution in [-0.4, -0.2) is 104 Å². The van der Waals surface area contributed by atoms with Gasteiger partial charge in [0.15, 0.2) is 11.6 Å². The first kappa shape index (κ1) is 32.2. The Bertz CT molecular complexity index is 1380. The fourth-order valence-corrected chi connectivity index (χ4v) is 6.20. The summed E-state index contributed by atoms with van der Waals surface area (Å²) in [7, 11) is 1.47. The number of aliphatic hydroxyl groups is 2. The molecule has 1 amide bonds. The minimum atomic E-state index is -1.25. The number of ether oxygens (including phenoxy) is 3. The van der Waals surface area contributed by atoms with Crippen molar-refractivity contribution in [2.24, 2.45) is 5.16 Å². The molecule has 2 N–H and O–H groups in total. The highest BCUT2D eigenvalue weighted by Gasteiger charge is 2.49. The predicted molar refractivity (Wildman–Crippen MR) is 154 cm³/mol. The SMILES string of the molecule is CO[C@@H]1[C@@H](n2cc(-c3ccc(C)c(F)c3F)nn2)[C@@H](O)[C@@H](CO)O[C@@H]1CC1=NOC2(CCCN(C(=O)OC(C)(C)C)CC2)C1. The highest BCUT2D eigenvalue weighted by Crippen LogP contribution is 2.39. The van der Waals surface area contributed by atoms with Gasteiger partial charge in [-0.3, -0.25) is 0 Å². The summed E-state index contributed by atoms with van der Waals surface area (Å²) in [5.41, 5.74) is -0.243. The van der Waals surface area contributed by atoms with Crippen LogP contribution in [0.25, 0.3) is 11.3 Å². The molecule has 12 nitrogen and oxygen atoms in total. The number of nitrogens with zero attached hydrogens (tertiary/aromatic N) is 5. The third kappa shape index (κ3) is 6.58. The molecule has 0 aliphatic carbocycles. The van der Waals surface area contributed by atoms with Crippen molar-refractivity contribution in [3.63, 3.8) is 0 Å². The average molecular weight is 622 g/mol. The van der Waals surface area contributed by atoms with Gasteiger partial charge in [-0.25, -0.2) is 18.3 Å². The van der Waals surface area contributed by atoms with E-state index in [2.05, 4.69) is 15.5 Å². The molecule has 242 valence electrons. The van der Waals surface area contributed by atoms with Crippen LogP contribution in [-0.2, 0) is 19.0 Å². The molecule has 1 aromatic heterocycles. The zero-order chi connectivity index (χ0) is 31.8. The number of amides is 1. The smallest absolute Gasteiger partial charge is 0.410 e. The molecule has 1 aromatic carbocycles. The van der Waals surface area contributed by atoms with Crippen LogP contribution in [0.5, 0.6) is 0 Å². The minimum Gasteiger partial charge on any atom is -0.444 e. The van der Waals surface area contributed by atoms with Gasteiger partial charge in [-0.05, 0) is 52.2 Å². The summed E-state index contributed by atoms with van der Waals surface area (Å²) >= 11 is 0. The Balaban J connectivity index is 1.30. The summed E-state index contributed by atoms with van der Waals surface area (Å²) in [6.45, 7) is 7.53. The normalized spacial score (nSPS) is 29.3. The quantitative estimate of drug-likeness (QED) is 0.496. The first-order valence-corrected chi connectivity index (χ1v) is 14.9. The number of oxime groups is 1. The predicted octanol–water partition coefficient (Wildman–Crippen LogP) is 3.53. The van der Waals surface area contributed by atoms with E-state index in [-0.39, 0.29) is 29.3 Å². The summed E-state index contributed by atoms with van der Waals surface area (Å²) < 4.78 is 47.7. The number of rotatable bonds is 6.